The van der Waals surface area contributed by atoms with Crippen molar-refractivity contribution >= 4 is 11.9 Å². The molecule has 22 heavy (non-hydrogen) atoms. The van der Waals surface area contributed by atoms with E-state index in [0.29, 0.717) is 6.42 Å². The van der Waals surface area contributed by atoms with Crippen LogP contribution in [-0.2, 0) is 19.1 Å². The molecule has 124 valence electrons. The number of carbonyl (C=O) groups excluding carboxylic acids is 2. The zero-order chi connectivity index (χ0) is 17.2. The van der Waals surface area contributed by atoms with Gasteiger partial charge in [0.2, 0.25) is 0 Å². The van der Waals surface area contributed by atoms with Crippen molar-refractivity contribution in [1.82, 2.24) is 0 Å². The fraction of sp³-hybridized carbons (Fsp3) is 0.611. The topological polar surface area (TPSA) is 52.6 Å². The highest BCUT2D eigenvalue weighted by Gasteiger charge is 2.44. The van der Waals surface area contributed by atoms with Crippen molar-refractivity contribution in [3.8, 4) is 0 Å². The van der Waals surface area contributed by atoms with Gasteiger partial charge in [0.1, 0.15) is 0 Å². The molecule has 0 saturated heterocycles. The zero-order valence-electron chi connectivity index (χ0n) is 14.4. The highest BCUT2D eigenvalue weighted by atomic mass is 16.6. The first-order chi connectivity index (χ1) is 10.3. The lowest BCUT2D eigenvalue weighted by atomic mass is 9.73. The number of allylic oxidation sites excluding steroid dienone is 3. The van der Waals surface area contributed by atoms with Crippen LogP contribution in [0, 0.1) is 11.3 Å². The molecule has 0 fully saturated rings. The summed E-state index contributed by atoms with van der Waals surface area (Å²) in [5, 5.41) is 0. The van der Waals surface area contributed by atoms with E-state index in [2.05, 4.69) is 18.4 Å². The molecule has 4 heteroatoms. The molecule has 1 atom stereocenters. The smallest absolute Gasteiger partial charge is 0.321 e. The number of rotatable bonds is 9. The third-order valence-electron chi connectivity index (χ3n) is 3.37. The van der Waals surface area contributed by atoms with Crippen LogP contribution in [0.5, 0.6) is 0 Å². The van der Waals surface area contributed by atoms with E-state index in [1.165, 1.54) is 5.57 Å². The van der Waals surface area contributed by atoms with Crippen LogP contribution in [-0.4, -0.2) is 25.2 Å². The van der Waals surface area contributed by atoms with Crippen LogP contribution >= 0.6 is 0 Å². The summed E-state index contributed by atoms with van der Waals surface area (Å²) in [6, 6.07) is 0. The Bertz CT molecular complexity index is 436. The summed E-state index contributed by atoms with van der Waals surface area (Å²) in [7, 11) is 0. The zero-order valence-corrected chi connectivity index (χ0v) is 14.4. The molecule has 1 unspecified atom stereocenters. The van der Waals surface area contributed by atoms with Gasteiger partial charge < -0.3 is 9.47 Å². The molecule has 0 aliphatic carbocycles. The Morgan fingerprint density at radius 2 is 1.68 bits per heavy atom. The van der Waals surface area contributed by atoms with Crippen LogP contribution in [0.4, 0.5) is 0 Å². The molecule has 0 spiro atoms. The predicted octanol–water partition coefficient (Wildman–Crippen LogP) is 3.82. The van der Waals surface area contributed by atoms with Gasteiger partial charge in [0.25, 0.3) is 0 Å². The van der Waals surface area contributed by atoms with Gasteiger partial charge >= 0.3 is 11.9 Å². The third kappa shape index (κ3) is 6.31. The highest BCUT2D eigenvalue weighted by molar-refractivity contribution is 5.96. The second-order valence-electron chi connectivity index (χ2n) is 5.61. The minimum Gasteiger partial charge on any atom is -0.465 e. The van der Waals surface area contributed by atoms with Crippen molar-refractivity contribution in [3.05, 3.63) is 30.0 Å². The molecular formula is C18H28O4. The van der Waals surface area contributed by atoms with Gasteiger partial charge in [-0.2, -0.15) is 0 Å². The molecule has 0 rings (SSSR count). The molecular weight excluding hydrogens is 280 g/mol. The number of hydrogen-bond donors (Lipinski definition) is 0. The SMILES string of the molecule is C=C=CC(C)(CCC=C(C)C)C(C(=O)OCC)C(=O)OCC. The van der Waals surface area contributed by atoms with Gasteiger partial charge in [-0.15, -0.1) is 5.73 Å². The van der Waals surface area contributed by atoms with Crippen LogP contribution in [0.15, 0.2) is 30.0 Å². The standard InChI is InChI=1S/C18H28O4/c1-7-12-18(6,13-10-11-14(4)5)15(16(19)21-8-2)17(20)22-9-3/h11-12,15H,1,8-10,13H2,2-6H3. The molecule has 0 aromatic rings. The van der Waals surface area contributed by atoms with E-state index in [1.807, 2.05) is 20.8 Å². The van der Waals surface area contributed by atoms with E-state index in [0.717, 1.165) is 6.42 Å². The number of ether oxygens (including phenoxy) is 2. The molecule has 0 heterocycles. The maximum absolute atomic E-state index is 12.3. The maximum Gasteiger partial charge on any atom is 0.321 e. The normalized spacial score (nSPS) is 12.8. The van der Waals surface area contributed by atoms with Crippen molar-refractivity contribution < 1.29 is 19.1 Å². The predicted molar refractivity (Wildman–Crippen MR) is 87.2 cm³/mol. The summed E-state index contributed by atoms with van der Waals surface area (Å²) in [4.78, 5) is 24.5. The number of esters is 2. The lowest BCUT2D eigenvalue weighted by Gasteiger charge is -2.31. The van der Waals surface area contributed by atoms with Crippen molar-refractivity contribution in [2.75, 3.05) is 13.2 Å². The van der Waals surface area contributed by atoms with Gasteiger partial charge in [-0.3, -0.25) is 9.59 Å². The summed E-state index contributed by atoms with van der Waals surface area (Å²) in [6.07, 6.45) is 5.09. The summed E-state index contributed by atoms with van der Waals surface area (Å²) >= 11 is 0. The highest BCUT2D eigenvalue weighted by Crippen LogP contribution is 2.36. The largest absolute Gasteiger partial charge is 0.465 e. The fourth-order valence-electron chi connectivity index (χ4n) is 2.29. The van der Waals surface area contributed by atoms with E-state index in [9.17, 15) is 9.59 Å². The quantitative estimate of drug-likeness (QED) is 0.281. The Kier molecular flexibility index (Phi) is 9.20. The van der Waals surface area contributed by atoms with Crippen LogP contribution in [0.1, 0.15) is 47.5 Å². The summed E-state index contributed by atoms with van der Waals surface area (Å²) in [5.41, 5.74) is 3.15. The second kappa shape index (κ2) is 10.0. The van der Waals surface area contributed by atoms with E-state index < -0.39 is 23.3 Å². The molecule has 0 aromatic carbocycles. The first-order valence-electron chi connectivity index (χ1n) is 7.66. The Morgan fingerprint density at radius 1 is 1.18 bits per heavy atom. The third-order valence-corrected chi connectivity index (χ3v) is 3.37. The molecule has 0 amide bonds. The van der Waals surface area contributed by atoms with Gasteiger partial charge in [0.05, 0.1) is 13.2 Å². The lowest BCUT2D eigenvalue weighted by Crippen LogP contribution is -2.40. The van der Waals surface area contributed by atoms with Gasteiger partial charge in [-0.25, -0.2) is 0 Å². The van der Waals surface area contributed by atoms with Gasteiger partial charge in [-0.05, 0) is 46.6 Å². The molecule has 0 aromatic heterocycles. The maximum atomic E-state index is 12.3. The fourth-order valence-corrected chi connectivity index (χ4v) is 2.29. The number of carbonyl (C=O) groups is 2. The Hall–Kier alpha value is -1.80. The van der Waals surface area contributed by atoms with Gasteiger partial charge in [0.15, 0.2) is 5.92 Å². The minimum absolute atomic E-state index is 0.219. The van der Waals surface area contributed by atoms with Crippen LogP contribution < -0.4 is 0 Å². The average Bonchev–Trinajstić information content (AvgIpc) is 2.39. The van der Waals surface area contributed by atoms with Crippen molar-refractivity contribution in [3.63, 3.8) is 0 Å². The molecule has 0 N–H and O–H groups in total. The van der Waals surface area contributed by atoms with Gasteiger partial charge in [-0.1, -0.05) is 25.2 Å². The summed E-state index contributed by atoms with van der Waals surface area (Å²) in [5.74, 6) is -2.13. The molecule has 4 nitrogen and oxygen atoms in total. The molecule has 0 saturated carbocycles. The Balaban J connectivity index is 5.53. The number of hydrogen-bond acceptors (Lipinski definition) is 4. The van der Waals surface area contributed by atoms with Crippen molar-refractivity contribution in [2.45, 2.75) is 47.5 Å². The monoisotopic (exact) mass is 308 g/mol. The van der Waals surface area contributed by atoms with Crippen molar-refractivity contribution in [2.24, 2.45) is 11.3 Å². The molecule has 0 radical (unpaired) electrons. The van der Waals surface area contributed by atoms with E-state index in [4.69, 9.17) is 9.47 Å². The molecule has 0 aliphatic heterocycles. The lowest BCUT2D eigenvalue weighted by molar-refractivity contribution is -0.166. The first-order valence-corrected chi connectivity index (χ1v) is 7.66. The Labute approximate surface area is 133 Å². The first kappa shape index (κ1) is 20.2. The van der Waals surface area contributed by atoms with Crippen molar-refractivity contribution in [1.29, 1.82) is 0 Å². The van der Waals surface area contributed by atoms with Crippen LogP contribution in [0.25, 0.3) is 0 Å². The van der Waals surface area contributed by atoms with E-state index in [-0.39, 0.29) is 13.2 Å². The Morgan fingerprint density at radius 3 is 2.05 bits per heavy atom. The second-order valence-corrected chi connectivity index (χ2v) is 5.61. The summed E-state index contributed by atoms with van der Waals surface area (Å²) < 4.78 is 10.1. The van der Waals surface area contributed by atoms with E-state index in [1.54, 1.807) is 19.9 Å². The molecule has 0 aliphatic rings. The summed E-state index contributed by atoms with van der Waals surface area (Å²) in [6.45, 7) is 13.3. The van der Waals surface area contributed by atoms with Crippen LogP contribution in [0.2, 0.25) is 0 Å². The van der Waals surface area contributed by atoms with Crippen LogP contribution in [0.3, 0.4) is 0 Å². The minimum atomic E-state index is -1.01. The average molecular weight is 308 g/mol. The van der Waals surface area contributed by atoms with Gasteiger partial charge in [0, 0.05) is 5.41 Å². The van der Waals surface area contributed by atoms with E-state index >= 15 is 0 Å². The molecule has 0 bridgehead atoms.